The molecule has 0 aromatic carbocycles. The van der Waals surface area contributed by atoms with Crippen LogP contribution in [-0.2, 0) is 14.3 Å². The lowest BCUT2D eigenvalue weighted by Crippen LogP contribution is -2.57. The van der Waals surface area contributed by atoms with Gasteiger partial charge in [0.2, 0.25) is 0 Å². The van der Waals surface area contributed by atoms with Crippen molar-refractivity contribution >= 4 is 5.91 Å². The van der Waals surface area contributed by atoms with E-state index in [0.717, 1.165) is 12.8 Å². The average Bonchev–Trinajstić information content (AvgIpc) is 2.80. The lowest BCUT2D eigenvalue weighted by Gasteiger charge is -2.41. The van der Waals surface area contributed by atoms with E-state index < -0.39 is 5.60 Å². The van der Waals surface area contributed by atoms with Gasteiger partial charge in [0.1, 0.15) is 5.60 Å². The van der Waals surface area contributed by atoms with Crippen molar-refractivity contribution in [2.75, 3.05) is 26.4 Å². The highest BCUT2D eigenvalue weighted by molar-refractivity contribution is 5.84. The fraction of sp³-hybridized carbons (Fsp3) is 0.800. The molecular formula is C15H25NO4. The number of rotatable bonds is 5. The molecule has 1 aliphatic carbocycles. The number of carbonyl (C=O) groups excluding carboxylic acids is 1. The van der Waals surface area contributed by atoms with E-state index in [1.54, 1.807) is 24.8 Å². The van der Waals surface area contributed by atoms with E-state index in [2.05, 4.69) is 6.58 Å². The molecule has 2 aliphatic rings. The zero-order chi connectivity index (χ0) is 14.8. The van der Waals surface area contributed by atoms with Crippen LogP contribution in [0.25, 0.3) is 0 Å². The van der Waals surface area contributed by atoms with Crippen LogP contribution >= 0.6 is 0 Å². The zero-order valence-corrected chi connectivity index (χ0v) is 12.4. The molecule has 1 saturated heterocycles. The SMILES string of the molecule is C=CCOC[C@@H]1CC[C@H]2[C@@H]1OCCN2C(=O)C(C)(C)O. The Labute approximate surface area is 120 Å². The summed E-state index contributed by atoms with van der Waals surface area (Å²) in [7, 11) is 0. The number of carbonyl (C=O) groups is 1. The summed E-state index contributed by atoms with van der Waals surface area (Å²) in [6.45, 7) is 8.98. The fourth-order valence-corrected chi connectivity index (χ4v) is 3.15. The van der Waals surface area contributed by atoms with Crippen molar-refractivity contribution in [1.82, 2.24) is 4.90 Å². The molecule has 1 amide bonds. The number of hydrogen-bond donors (Lipinski definition) is 1. The summed E-state index contributed by atoms with van der Waals surface area (Å²) in [6.07, 6.45) is 3.66. The minimum Gasteiger partial charge on any atom is -0.381 e. The number of aliphatic hydroxyl groups is 1. The number of hydrogen-bond acceptors (Lipinski definition) is 4. The molecule has 5 heteroatoms. The van der Waals surface area contributed by atoms with E-state index in [-0.39, 0.29) is 18.1 Å². The van der Waals surface area contributed by atoms with Gasteiger partial charge in [-0.3, -0.25) is 4.79 Å². The molecular weight excluding hydrogens is 258 g/mol. The minimum absolute atomic E-state index is 0.0277. The minimum atomic E-state index is -1.32. The lowest BCUT2D eigenvalue weighted by atomic mass is 10.0. The lowest BCUT2D eigenvalue weighted by molar-refractivity contribution is -0.162. The van der Waals surface area contributed by atoms with Gasteiger partial charge in [-0.2, -0.15) is 0 Å². The van der Waals surface area contributed by atoms with Crippen LogP contribution in [-0.4, -0.2) is 60.0 Å². The van der Waals surface area contributed by atoms with Crippen molar-refractivity contribution in [2.24, 2.45) is 5.92 Å². The first-order valence-electron chi connectivity index (χ1n) is 7.29. The summed E-state index contributed by atoms with van der Waals surface area (Å²) < 4.78 is 11.4. The molecule has 0 radical (unpaired) electrons. The normalized spacial score (nSPS) is 30.1. The Kier molecular flexibility index (Phi) is 4.83. The zero-order valence-electron chi connectivity index (χ0n) is 12.4. The molecule has 0 unspecified atom stereocenters. The largest absolute Gasteiger partial charge is 0.381 e. The first-order valence-corrected chi connectivity index (χ1v) is 7.29. The molecule has 1 heterocycles. The molecule has 3 atom stereocenters. The Morgan fingerprint density at radius 2 is 2.30 bits per heavy atom. The van der Waals surface area contributed by atoms with E-state index in [1.807, 2.05) is 0 Å². The van der Waals surface area contributed by atoms with Gasteiger partial charge in [0.05, 0.1) is 32.0 Å². The Morgan fingerprint density at radius 3 is 2.95 bits per heavy atom. The van der Waals surface area contributed by atoms with Crippen LogP contribution in [0.1, 0.15) is 26.7 Å². The third-order valence-corrected chi connectivity index (χ3v) is 4.07. The van der Waals surface area contributed by atoms with Crippen molar-refractivity contribution < 1.29 is 19.4 Å². The molecule has 0 aromatic heterocycles. The van der Waals surface area contributed by atoms with E-state index in [4.69, 9.17) is 9.47 Å². The highest BCUT2D eigenvalue weighted by atomic mass is 16.5. The number of morpholine rings is 1. The third-order valence-electron chi connectivity index (χ3n) is 4.07. The summed E-state index contributed by atoms with van der Waals surface area (Å²) in [6, 6.07) is 0.0695. The van der Waals surface area contributed by atoms with Crippen molar-refractivity contribution in [3.05, 3.63) is 12.7 Å². The smallest absolute Gasteiger partial charge is 0.254 e. The van der Waals surface area contributed by atoms with Crippen molar-refractivity contribution in [1.29, 1.82) is 0 Å². The second-order valence-electron chi connectivity index (χ2n) is 6.12. The summed E-state index contributed by atoms with van der Waals surface area (Å²) in [4.78, 5) is 14.1. The van der Waals surface area contributed by atoms with Gasteiger partial charge in [-0.05, 0) is 26.7 Å². The van der Waals surface area contributed by atoms with Crippen LogP contribution in [0.4, 0.5) is 0 Å². The molecule has 1 aliphatic heterocycles. The number of fused-ring (bicyclic) bond motifs is 1. The van der Waals surface area contributed by atoms with Gasteiger partial charge in [0.15, 0.2) is 0 Å². The Bertz CT molecular complexity index is 363. The predicted molar refractivity (Wildman–Crippen MR) is 75.3 cm³/mol. The third kappa shape index (κ3) is 3.22. The van der Waals surface area contributed by atoms with Crippen molar-refractivity contribution in [3.63, 3.8) is 0 Å². The standard InChI is InChI=1S/C15H25NO4/c1-4-8-19-10-11-5-6-12-13(11)20-9-7-16(12)14(17)15(2,3)18/h4,11-13,18H,1,5-10H2,2-3H3/t11-,12-,13+/m0/s1. The quantitative estimate of drug-likeness (QED) is 0.603. The van der Waals surface area contributed by atoms with Crippen molar-refractivity contribution in [3.8, 4) is 0 Å². The molecule has 1 saturated carbocycles. The summed E-state index contributed by atoms with van der Waals surface area (Å²) in [5.74, 6) is 0.112. The van der Waals surface area contributed by atoms with Crippen LogP contribution in [0.3, 0.4) is 0 Å². The topological polar surface area (TPSA) is 59.0 Å². The Hall–Kier alpha value is -0.910. The van der Waals surface area contributed by atoms with Gasteiger partial charge < -0.3 is 19.5 Å². The van der Waals surface area contributed by atoms with Crippen molar-refractivity contribution in [2.45, 2.75) is 44.4 Å². The summed E-state index contributed by atoms with van der Waals surface area (Å²) >= 11 is 0. The number of ether oxygens (including phenoxy) is 2. The van der Waals surface area contributed by atoms with E-state index in [1.165, 1.54) is 0 Å². The molecule has 2 fully saturated rings. The van der Waals surface area contributed by atoms with Crippen LogP contribution in [0.2, 0.25) is 0 Å². The first kappa shape index (κ1) is 15.5. The molecule has 0 spiro atoms. The number of amides is 1. The van der Waals surface area contributed by atoms with Gasteiger partial charge in [-0.15, -0.1) is 6.58 Å². The van der Waals surface area contributed by atoms with Gasteiger partial charge in [0.25, 0.3) is 5.91 Å². The van der Waals surface area contributed by atoms with E-state index in [0.29, 0.717) is 32.3 Å². The van der Waals surface area contributed by atoms with Gasteiger partial charge in [-0.25, -0.2) is 0 Å². The Balaban J connectivity index is 2.00. The van der Waals surface area contributed by atoms with Crippen LogP contribution in [0.15, 0.2) is 12.7 Å². The highest BCUT2D eigenvalue weighted by Gasteiger charge is 2.46. The molecule has 0 aromatic rings. The summed E-state index contributed by atoms with van der Waals surface area (Å²) in [5.41, 5.74) is -1.32. The van der Waals surface area contributed by atoms with Gasteiger partial charge in [-0.1, -0.05) is 6.08 Å². The maximum atomic E-state index is 12.3. The maximum absolute atomic E-state index is 12.3. The molecule has 20 heavy (non-hydrogen) atoms. The molecule has 0 bridgehead atoms. The average molecular weight is 283 g/mol. The highest BCUT2D eigenvalue weighted by Crippen LogP contribution is 2.35. The second-order valence-corrected chi connectivity index (χ2v) is 6.12. The molecule has 5 nitrogen and oxygen atoms in total. The van der Waals surface area contributed by atoms with Gasteiger partial charge in [0, 0.05) is 12.5 Å². The maximum Gasteiger partial charge on any atom is 0.254 e. The van der Waals surface area contributed by atoms with E-state index in [9.17, 15) is 9.90 Å². The summed E-state index contributed by atoms with van der Waals surface area (Å²) in [5, 5.41) is 9.93. The van der Waals surface area contributed by atoms with Crippen LogP contribution in [0, 0.1) is 5.92 Å². The monoisotopic (exact) mass is 283 g/mol. The Morgan fingerprint density at radius 1 is 1.55 bits per heavy atom. The fourth-order valence-electron chi connectivity index (χ4n) is 3.15. The van der Waals surface area contributed by atoms with Crippen LogP contribution < -0.4 is 0 Å². The molecule has 1 N–H and O–H groups in total. The van der Waals surface area contributed by atoms with Gasteiger partial charge >= 0.3 is 0 Å². The number of nitrogens with zero attached hydrogens (tertiary/aromatic N) is 1. The van der Waals surface area contributed by atoms with Crippen LogP contribution in [0.5, 0.6) is 0 Å². The molecule has 114 valence electrons. The first-order chi connectivity index (χ1) is 9.45. The second kappa shape index (κ2) is 6.24. The predicted octanol–water partition coefficient (Wildman–Crippen LogP) is 0.966. The molecule has 2 rings (SSSR count). The van der Waals surface area contributed by atoms with E-state index >= 15 is 0 Å².